The largest absolute Gasteiger partial charge is 0.463 e. The highest BCUT2D eigenvalue weighted by molar-refractivity contribution is 7.99. The third-order valence-electron chi connectivity index (χ3n) is 3.80. The van der Waals surface area contributed by atoms with Crippen LogP contribution < -0.4 is 5.73 Å². The maximum atomic E-state index is 11.5. The molecule has 0 fully saturated rings. The molecule has 1 aromatic rings. The molecule has 0 saturated heterocycles. The van der Waals surface area contributed by atoms with Crippen LogP contribution in [0.1, 0.15) is 33.3 Å². The number of nitriles is 1. The highest BCUT2D eigenvalue weighted by Crippen LogP contribution is 2.32. The Balaban J connectivity index is 3.20. The lowest BCUT2D eigenvalue weighted by molar-refractivity contribution is -0.169. The Hall–Kier alpha value is -2.32. The molecule has 0 heterocycles. The number of esters is 3. The molecule has 0 aliphatic heterocycles. The predicted molar refractivity (Wildman–Crippen MR) is 113 cm³/mol. The van der Waals surface area contributed by atoms with E-state index in [1.54, 1.807) is 25.1 Å². The van der Waals surface area contributed by atoms with Gasteiger partial charge in [0.15, 0.2) is 0 Å². The quantitative estimate of drug-likeness (QED) is 0.221. The molecule has 0 bridgehead atoms. The fourth-order valence-electron chi connectivity index (χ4n) is 2.41. The smallest absolute Gasteiger partial charge is 0.303 e. The van der Waals surface area contributed by atoms with Crippen LogP contribution in [0.4, 0.5) is 0 Å². The molecule has 1 rings (SSSR count). The zero-order valence-electron chi connectivity index (χ0n) is 17.6. The fraction of sp³-hybridized carbons (Fsp3) is 0.500. The number of halogens is 1. The van der Waals surface area contributed by atoms with E-state index in [0.717, 1.165) is 11.8 Å². The molecule has 0 radical (unpaired) electrons. The molecule has 9 nitrogen and oxygen atoms in total. The van der Waals surface area contributed by atoms with Crippen molar-refractivity contribution in [2.24, 2.45) is 5.73 Å². The number of rotatable bonds is 11. The maximum Gasteiger partial charge on any atom is 0.303 e. The van der Waals surface area contributed by atoms with Crippen molar-refractivity contribution in [3.8, 4) is 6.07 Å². The van der Waals surface area contributed by atoms with E-state index in [9.17, 15) is 14.4 Å². The van der Waals surface area contributed by atoms with Gasteiger partial charge in [-0.05, 0) is 25.1 Å². The summed E-state index contributed by atoms with van der Waals surface area (Å²) in [5, 5.41) is 9.29. The second kappa shape index (κ2) is 13.2. The maximum absolute atomic E-state index is 11.5. The molecule has 0 spiro atoms. The molecule has 31 heavy (non-hydrogen) atoms. The number of thioether (sulfide) groups is 1. The summed E-state index contributed by atoms with van der Waals surface area (Å²) in [7, 11) is 0. The molecular formula is C20H25ClN2O7S. The number of hydrogen-bond acceptors (Lipinski definition) is 10. The standard InChI is InChI=1S/C20H25ClN2O7S/c1-11(28-13(3)25)19(10-27-12(2)24)30-20(18(9-23)29-14(4)26)31-16-6-5-15(8-22)17(21)7-16/h5-7,11,18-20H,9-10,23H2,1-4H3/t11-,18+,19?,20?/m1/s1. The number of benzene rings is 1. The van der Waals surface area contributed by atoms with Gasteiger partial charge in [0.05, 0.1) is 10.6 Å². The SMILES string of the molecule is CC(=O)OCC(OC(Sc1ccc(C#N)c(Cl)c1)[C@H](CN)OC(C)=O)[C@@H](C)OC(C)=O. The van der Waals surface area contributed by atoms with Crippen LogP contribution in [0.25, 0.3) is 0 Å². The van der Waals surface area contributed by atoms with E-state index in [1.807, 2.05) is 6.07 Å². The minimum absolute atomic E-state index is 0.0660. The highest BCUT2D eigenvalue weighted by atomic mass is 35.5. The first-order chi connectivity index (χ1) is 14.6. The van der Waals surface area contributed by atoms with E-state index in [-0.39, 0.29) is 18.2 Å². The molecule has 2 N–H and O–H groups in total. The third-order valence-corrected chi connectivity index (χ3v) is 5.29. The van der Waals surface area contributed by atoms with Gasteiger partial charge in [0.1, 0.15) is 36.4 Å². The van der Waals surface area contributed by atoms with Gasteiger partial charge in [0.25, 0.3) is 0 Å². The first-order valence-electron chi connectivity index (χ1n) is 9.27. The third kappa shape index (κ3) is 9.57. The van der Waals surface area contributed by atoms with Gasteiger partial charge >= 0.3 is 17.9 Å². The van der Waals surface area contributed by atoms with Crippen molar-refractivity contribution in [1.29, 1.82) is 5.26 Å². The van der Waals surface area contributed by atoms with Gasteiger partial charge in [-0.1, -0.05) is 23.4 Å². The fourth-order valence-corrected chi connectivity index (χ4v) is 3.81. The van der Waals surface area contributed by atoms with Gasteiger partial charge in [-0.25, -0.2) is 0 Å². The molecule has 1 aromatic carbocycles. The summed E-state index contributed by atoms with van der Waals surface area (Å²) < 4.78 is 21.6. The van der Waals surface area contributed by atoms with Crippen molar-refractivity contribution in [3.05, 3.63) is 28.8 Å². The second-order valence-corrected chi connectivity index (χ2v) is 7.99. The van der Waals surface area contributed by atoms with E-state index < -0.39 is 41.7 Å². The number of carbonyl (C=O) groups is 3. The molecule has 11 heteroatoms. The Morgan fingerprint density at radius 3 is 2.26 bits per heavy atom. The second-order valence-electron chi connectivity index (χ2n) is 6.41. The molecule has 0 amide bonds. The number of nitrogens with zero attached hydrogens (tertiary/aromatic N) is 1. The minimum Gasteiger partial charge on any atom is -0.463 e. The van der Waals surface area contributed by atoms with E-state index in [0.29, 0.717) is 10.5 Å². The van der Waals surface area contributed by atoms with Gasteiger partial charge < -0.3 is 24.7 Å². The lowest BCUT2D eigenvalue weighted by atomic mass is 10.2. The van der Waals surface area contributed by atoms with Gasteiger partial charge in [0.2, 0.25) is 0 Å². The average Bonchev–Trinajstić information content (AvgIpc) is 2.67. The zero-order chi connectivity index (χ0) is 23.6. The average molecular weight is 473 g/mol. The Morgan fingerprint density at radius 2 is 1.77 bits per heavy atom. The van der Waals surface area contributed by atoms with Gasteiger partial charge in [-0.2, -0.15) is 5.26 Å². The van der Waals surface area contributed by atoms with E-state index in [1.165, 1.54) is 20.8 Å². The first kappa shape index (κ1) is 26.7. The van der Waals surface area contributed by atoms with Crippen LogP contribution in [0.5, 0.6) is 0 Å². The minimum atomic E-state index is -0.874. The summed E-state index contributed by atoms with van der Waals surface area (Å²) in [5.74, 6) is -1.64. The van der Waals surface area contributed by atoms with Crippen LogP contribution in [0.15, 0.2) is 23.1 Å². The van der Waals surface area contributed by atoms with Crippen LogP contribution in [-0.4, -0.2) is 54.8 Å². The lowest BCUT2D eigenvalue weighted by Crippen LogP contribution is -2.44. The normalized spacial score (nSPS) is 14.5. The summed E-state index contributed by atoms with van der Waals surface area (Å²) in [5.41, 5.74) is 5.23. The molecule has 170 valence electrons. The Kier molecular flexibility index (Phi) is 11.3. The molecule has 0 aromatic heterocycles. The summed E-state index contributed by atoms with van der Waals surface area (Å²) in [6, 6.07) is 6.74. The van der Waals surface area contributed by atoms with E-state index in [2.05, 4.69) is 0 Å². The molecule has 0 aliphatic rings. The monoisotopic (exact) mass is 472 g/mol. The zero-order valence-corrected chi connectivity index (χ0v) is 19.2. The Bertz CT molecular complexity index is 830. The summed E-state index contributed by atoms with van der Waals surface area (Å²) >= 11 is 7.25. The predicted octanol–water partition coefficient (Wildman–Crippen LogP) is 2.42. The van der Waals surface area contributed by atoms with Gasteiger partial charge in [-0.3, -0.25) is 14.4 Å². The van der Waals surface area contributed by atoms with Crippen LogP contribution in [0, 0.1) is 11.3 Å². The van der Waals surface area contributed by atoms with Gasteiger partial charge in [0, 0.05) is 32.2 Å². The van der Waals surface area contributed by atoms with Crippen molar-refractivity contribution in [1.82, 2.24) is 0 Å². The summed E-state index contributed by atoms with van der Waals surface area (Å²) in [6.45, 7) is 5.03. The Morgan fingerprint density at radius 1 is 1.13 bits per heavy atom. The van der Waals surface area contributed by atoms with Crippen LogP contribution in [0.3, 0.4) is 0 Å². The molecule has 2 unspecified atom stereocenters. The van der Waals surface area contributed by atoms with E-state index in [4.69, 9.17) is 41.5 Å². The van der Waals surface area contributed by atoms with Crippen molar-refractivity contribution >= 4 is 41.3 Å². The number of nitrogens with two attached hydrogens (primary N) is 1. The molecule has 4 atom stereocenters. The van der Waals surface area contributed by atoms with Crippen molar-refractivity contribution in [2.75, 3.05) is 13.2 Å². The number of ether oxygens (including phenoxy) is 4. The number of carbonyl (C=O) groups excluding carboxylic acids is 3. The van der Waals surface area contributed by atoms with Crippen molar-refractivity contribution in [2.45, 2.75) is 56.3 Å². The molecule has 0 aliphatic carbocycles. The number of hydrogen-bond donors (Lipinski definition) is 1. The molecule has 0 saturated carbocycles. The first-order valence-corrected chi connectivity index (χ1v) is 10.5. The summed E-state index contributed by atoms with van der Waals surface area (Å²) in [6.07, 6.45) is -2.52. The Labute approximate surface area is 190 Å². The highest BCUT2D eigenvalue weighted by Gasteiger charge is 2.32. The van der Waals surface area contributed by atoms with Crippen LogP contribution in [-0.2, 0) is 33.3 Å². The van der Waals surface area contributed by atoms with Crippen LogP contribution >= 0.6 is 23.4 Å². The van der Waals surface area contributed by atoms with Crippen molar-refractivity contribution in [3.63, 3.8) is 0 Å². The van der Waals surface area contributed by atoms with Gasteiger partial charge in [-0.15, -0.1) is 0 Å². The summed E-state index contributed by atoms with van der Waals surface area (Å²) in [4.78, 5) is 34.8. The lowest BCUT2D eigenvalue weighted by Gasteiger charge is -2.31. The molecular weight excluding hydrogens is 448 g/mol. The van der Waals surface area contributed by atoms with E-state index >= 15 is 0 Å². The van der Waals surface area contributed by atoms with Crippen LogP contribution in [0.2, 0.25) is 5.02 Å². The topological polar surface area (TPSA) is 138 Å². The van der Waals surface area contributed by atoms with Crippen molar-refractivity contribution < 1.29 is 33.3 Å².